The molecule has 1 aromatic carbocycles. The van der Waals surface area contributed by atoms with Gasteiger partial charge in [0.1, 0.15) is 12.4 Å². The number of para-hydroxylation sites is 1. The Morgan fingerprint density at radius 3 is 2.70 bits per heavy atom. The van der Waals surface area contributed by atoms with Crippen molar-refractivity contribution in [1.29, 1.82) is 0 Å². The number of ether oxygens (including phenoxy) is 2. The summed E-state index contributed by atoms with van der Waals surface area (Å²) in [5, 5.41) is 3.51. The summed E-state index contributed by atoms with van der Waals surface area (Å²) in [5.41, 5.74) is 1.35. The van der Waals surface area contributed by atoms with Crippen LogP contribution >= 0.6 is 0 Å². The van der Waals surface area contributed by atoms with Gasteiger partial charge in [0, 0.05) is 19.1 Å². The van der Waals surface area contributed by atoms with Crippen molar-refractivity contribution in [3.8, 4) is 5.75 Å². The summed E-state index contributed by atoms with van der Waals surface area (Å²) < 4.78 is 11.0. The molecule has 1 aromatic rings. The monoisotopic (exact) mass is 277 g/mol. The molecule has 2 atom stereocenters. The number of hydrogen-bond acceptors (Lipinski definition) is 3. The molecule has 0 aromatic heterocycles. The summed E-state index contributed by atoms with van der Waals surface area (Å²) in [4.78, 5) is 0. The third-order valence-corrected chi connectivity index (χ3v) is 4.25. The first kappa shape index (κ1) is 15.3. The van der Waals surface area contributed by atoms with Gasteiger partial charge in [-0.1, -0.05) is 37.5 Å². The highest BCUT2D eigenvalue weighted by atomic mass is 16.5. The molecule has 2 unspecified atom stereocenters. The first-order chi connectivity index (χ1) is 9.86. The molecule has 0 bridgehead atoms. The molecule has 1 N–H and O–H groups in total. The van der Waals surface area contributed by atoms with Crippen LogP contribution in [0.1, 0.15) is 43.6 Å². The molecular weight excluding hydrogens is 250 g/mol. The van der Waals surface area contributed by atoms with Gasteiger partial charge in [0.05, 0.1) is 6.61 Å². The lowest BCUT2D eigenvalue weighted by molar-refractivity contribution is 0.145. The second kappa shape index (κ2) is 8.28. The Morgan fingerprint density at radius 1 is 1.10 bits per heavy atom. The molecule has 2 rings (SSSR count). The fraction of sp³-hybridized carbons (Fsp3) is 0.647. The van der Waals surface area contributed by atoms with Gasteiger partial charge in [-0.2, -0.15) is 0 Å². The molecule has 1 fully saturated rings. The van der Waals surface area contributed by atoms with Crippen LogP contribution in [0.2, 0.25) is 0 Å². The highest BCUT2D eigenvalue weighted by molar-refractivity contribution is 5.37. The number of nitrogens with one attached hydrogen (secondary N) is 1. The predicted molar refractivity (Wildman–Crippen MR) is 82.5 cm³/mol. The van der Waals surface area contributed by atoms with Crippen molar-refractivity contribution in [2.24, 2.45) is 0 Å². The van der Waals surface area contributed by atoms with E-state index in [1.165, 1.54) is 37.7 Å². The maximum atomic E-state index is 5.91. The van der Waals surface area contributed by atoms with Crippen LogP contribution in [-0.4, -0.2) is 33.4 Å². The van der Waals surface area contributed by atoms with Crippen LogP contribution in [-0.2, 0) is 4.74 Å². The minimum Gasteiger partial charge on any atom is -0.491 e. The SMILES string of the molecule is CNC1CCCCCC1c1ccccc1OCCOC. The zero-order chi connectivity index (χ0) is 14.2. The van der Waals surface area contributed by atoms with Crippen LogP contribution in [0, 0.1) is 0 Å². The number of methoxy groups -OCH3 is 1. The highest BCUT2D eigenvalue weighted by Gasteiger charge is 2.26. The molecule has 3 heteroatoms. The molecule has 1 saturated carbocycles. The molecular formula is C17H27NO2. The standard InChI is InChI=1S/C17H27NO2/c1-18-16-10-5-3-4-8-14(16)15-9-6-7-11-17(15)20-13-12-19-2/h6-7,9,11,14,16,18H,3-5,8,10,12-13H2,1-2H3. The van der Waals surface area contributed by atoms with E-state index >= 15 is 0 Å². The summed E-state index contributed by atoms with van der Waals surface area (Å²) in [5.74, 6) is 1.58. The molecule has 112 valence electrons. The Hall–Kier alpha value is -1.06. The van der Waals surface area contributed by atoms with E-state index in [9.17, 15) is 0 Å². The molecule has 0 radical (unpaired) electrons. The quantitative estimate of drug-likeness (QED) is 0.639. The fourth-order valence-corrected chi connectivity index (χ4v) is 3.18. The summed E-state index contributed by atoms with van der Waals surface area (Å²) in [7, 11) is 3.79. The summed E-state index contributed by atoms with van der Waals surface area (Å²) >= 11 is 0. The van der Waals surface area contributed by atoms with Gasteiger partial charge >= 0.3 is 0 Å². The van der Waals surface area contributed by atoms with Gasteiger partial charge in [0.2, 0.25) is 0 Å². The van der Waals surface area contributed by atoms with Gasteiger partial charge in [-0.3, -0.25) is 0 Å². The minimum atomic E-state index is 0.557. The van der Waals surface area contributed by atoms with Gasteiger partial charge in [0.15, 0.2) is 0 Å². The van der Waals surface area contributed by atoms with Crippen molar-refractivity contribution in [2.75, 3.05) is 27.4 Å². The van der Waals surface area contributed by atoms with Gasteiger partial charge in [-0.25, -0.2) is 0 Å². The van der Waals surface area contributed by atoms with Crippen LogP contribution in [0.3, 0.4) is 0 Å². The van der Waals surface area contributed by atoms with Crippen molar-refractivity contribution in [1.82, 2.24) is 5.32 Å². The van der Waals surface area contributed by atoms with Crippen molar-refractivity contribution >= 4 is 0 Å². The average molecular weight is 277 g/mol. The van der Waals surface area contributed by atoms with Crippen molar-refractivity contribution in [2.45, 2.75) is 44.1 Å². The van der Waals surface area contributed by atoms with E-state index in [1.54, 1.807) is 7.11 Å². The Balaban J connectivity index is 2.16. The maximum Gasteiger partial charge on any atom is 0.122 e. The predicted octanol–water partition coefficient (Wildman–Crippen LogP) is 3.35. The lowest BCUT2D eigenvalue weighted by atomic mass is 9.87. The molecule has 20 heavy (non-hydrogen) atoms. The Kier molecular flexibility index (Phi) is 6.34. The second-order valence-electron chi connectivity index (χ2n) is 5.52. The highest BCUT2D eigenvalue weighted by Crippen LogP contribution is 2.36. The molecule has 3 nitrogen and oxygen atoms in total. The van der Waals surface area contributed by atoms with E-state index in [4.69, 9.17) is 9.47 Å². The third-order valence-electron chi connectivity index (χ3n) is 4.25. The molecule has 0 heterocycles. The summed E-state index contributed by atoms with van der Waals surface area (Å²) in [6, 6.07) is 9.04. The number of benzene rings is 1. The minimum absolute atomic E-state index is 0.557. The number of hydrogen-bond donors (Lipinski definition) is 1. The van der Waals surface area contributed by atoms with Gasteiger partial charge in [0.25, 0.3) is 0 Å². The number of likely N-dealkylation sites (N-methyl/N-ethyl adjacent to an activating group) is 1. The van der Waals surface area contributed by atoms with Gasteiger partial charge in [-0.15, -0.1) is 0 Å². The van der Waals surface area contributed by atoms with Gasteiger partial charge < -0.3 is 14.8 Å². The van der Waals surface area contributed by atoms with Crippen molar-refractivity contribution in [3.63, 3.8) is 0 Å². The van der Waals surface area contributed by atoms with Crippen molar-refractivity contribution in [3.05, 3.63) is 29.8 Å². The summed E-state index contributed by atoms with van der Waals surface area (Å²) in [6.45, 7) is 1.25. The normalized spacial score (nSPS) is 23.3. The molecule has 0 saturated heterocycles. The van der Waals surface area contributed by atoms with Crippen LogP contribution in [0.25, 0.3) is 0 Å². The van der Waals surface area contributed by atoms with E-state index in [2.05, 4.69) is 36.6 Å². The van der Waals surface area contributed by atoms with E-state index in [0.29, 0.717) is 25.2 Å². The zero-order valence-corrected chi connectivity index (χ0v) is 12.7. The van der Waals surface area contributed by atoms with E-state index in [1.807, 2.05) is 0 Å². The van der Waals surface area contributed by atoms with Crippen LogP contribution in [0.4, 0.5) is 0 Å². The molecule has 1 aliphatic rings. The first-order valence-electron chi connectivity index (χ1n) is 7.74. The number of rotatable bonds is 6. The zero-order valence-electron chi connectivity index (χ0n) is 12.7. The molecule has 1 aliphatic carbocycles. The molecule has 0 aliphatic heterocycles. The van der Waals surface area contributed by atoms with E-state index < -0.39 is 0 Å². The first-order valence-corrected chi connectivity index (χ1v) is 7.74. The largest absolute Gasteiger partial charge is 0.491 e. The lowest BCUT2D eigenvalue weighted by Crippen LogP contribution is -2.31. The van der Waals surface area contributed by atoms with E-state index in [-0.39, 0.29) is 0 Å². The van der Waals surface area contributed by atoms with Crippen molar-refractivity contribution < 1.29 is 9.47 Å². The van der Waals surface area contributed by atoms with Gasteiger partial charge in [-0.05, 0) is 31.5 Å². The average Bonchev–Trinajstić information content (AvgIpc) is 2.73. The Bertz CT molecular complexity index is 394. The topological polar surface area (TPSA) is 30.5 Å². The molecule has 0 spiro atoms. The Labute approximate surface area is 122 Å². The lowest BCUT2D eigenvalue weighted by Gasteiger charge is -2.27. The van der Waals surface area contributed by atoms with E-state index in [0.717, 1.165) is 5.75 Å². The van der Waals surface area contributed by atoms with Crippen LogP contribution < -0.4 is 10.1 Å². The smallest absolute Gasteiger partial charge is 0.122 e. The van der Waals surface area contributed by atoms with Crippen LogP contribution in [0.15, 0.2) is 24.3 Å². The third kappa shape index (κ3) is 3.97. The second-order valence-corrected chi connectivity index (χ2v) is 5.52. The Morgan fingerprint density at radius 2 is 1.90 bits per heavy atom. The summed E-state index contributed by atoms with van der Waals surface area (Å²) in [6.07, 6.45) is 6.50. The van der Waals surface area contributed by atoms with Crippen LogP contribution in [0.5, 0.6) is 5.75 Å². The fourth-order valence-electron chi connectivity index (χ4n) is 3.18. The maximum absolute atomic E-state index is 5.91. The molecule has 0 amide bonds.